The maximum atomic E-state index is 12.7. The maximum Gasteiger partial charge on any atom is 0.280 e. The van der Waals surface area contributed by atoms with Crippen LogP contribution in [-0.4, -0.2) is 28.5 Å². The summed E-state index contributed by atoms with van der Waals surface area (Å²) in [7, 11) is 0. The largest absolute Gasteiger partial charge is 0.298 e. The molecule has 4 heteroatoms. The SMILES string of the molecule is CC(C)(C)N1CCC(c2ccnc(C(F)F)c2)CC1. The molecule has 0 radical (unpaired) electrons. The molecule has 1 aromatic heterocycles. The Morgan fingerprint density at radius 2 is 1.89 bits per heavy atom. The summed E-state index contributed by atoms with van der Waals surface area (Å²) in [6.07, 6.45) is 1.09. The van der Waals surface area contributed by atoms with Crippen LogP contribution in [0.1, 0.15) is 57.2 Å². The standard InChI is InChI=1S/C15H22F2N2/c1-15(2,3)19-8-5-11(6-9-19)12-4-7-18-13(10-12)14(16)17/h4,7,10-11,14H,5-6,8-9H2,1-3H3. The highest BCUT2D eigenvalue weighted by Gasteiger charge is 2.27. The van der Waals surface area contributed by atoms with Crippen molar-refractivity contribution in [3.05, 3.63) is 29.6 Å². The molecule has 2 nitrogen and oxygen atoms in total. The molecule has 1 aliphatic heterocycles. The Labute approximate surface area is 113 Å². The number of piperidine rings is 1. The zero-order valence-electron chi connectivity index (χ0n) is 11.9. The van der Waals surface area contributed by atoms with E-state index in [0.717, 1.165) is 31.5 Å². The third kappa shape index (κ3) is 3.50. The molecule has 2 rings (SSSR count). The van der Waals surface area contributed by atoms with Crippen molar-refractivity contribution >= 4 is 0 Å². The Bertz CT molecular complexity index is 418. The number of rotatable bonds is 2. The van der Waals surface area contributed by atoms with Crippen molar-refractivity contribution in [3.63, 3.8) is 0 Å². The Hall–Kier alpha value is -1.03. The number of halogens is 2. The average molecular weight is 268 g/mol. The predicted molar refractivity (Wildman–Crippen MR) is 72.5 cm³/mol. The van der Waals surface area contributed by atoms with Gasteiger partial charge in [-0.1, -0.05) is 0 Å². The lowest BCUT2D eigenvalue weighted by atomic mass is 9.87. The molecular formula is C15H22F2N2. The highest BCUT2D eigenvalue weighted by molar-refractivity contribution is 5.22. The van der Waals surface area contributed by atoms with Gasteiger partial charge in [-0.25, -0.2) is 8.78 Å². The Balaban J connectivity index is 2.03. The van der Waals surface area contributed by atoms with Gasteiger partial charge in [0.15, 0.2) is 0 Å². The van der Waals surface area contributed by atoms with Crippen LogP contribution in [0.5, 0.6) is 0 Å². The van der Waals surface area contributed by atoms with Gasteiger partial charge in [0, 0.05) is 11.7 Å². The number of hydrogen-bond donors (Lipinski definition) is 0. The fourth-order valence-corrected chi connectivity index (χ4v) is 2.72. The van der Waals surface area contributed by atoms with Crippen LogP contribution in [-0.2, 0) is 0 Å². The molecule has 0 unspecified atom stereocenters. The van der Waals surface area contributed by atoms with Crippen molar-refractivity contribution in [2.24, 2.45) is 0 Å². The van der Waals surface area contributed by atoms with E-state index < -0.39 is 6.43 Å². The molecule has 0 aliphatic carbocycles. The van der Waals surface area contributed by atoms with E-state index in [0.29, 0.717) is 5.92 Å². The quantitative estimate of drug-likeness (QED) is 0.806. The van der Waals surface area contributed by atoms with Crippen LogP contribution >= 0.6 is 0 Å². The number of nitrogens with zero attached hydrogens (tertiary/aromatic N) is 2. The summed E-state index contributed by atoms with van der Waals surface area (Å²) in [6, 6.07) is 3.45. The molecule has 0 amide bonds. The van der Waals surface area contributed by atoms with Crippen LogP contribution in [0.25, 0.3) is 0 Å². The lowest BCUT2D eigenvalue weighted by Crippen LogP contribution is -2.45. The second-order valence-electron chi connectivity index (χ2n) is 6.25. The zero-order valence-corrected chi connectivity index (χ0v) is 11.9. The molecule has 2 heterocycles. The molecule has 0 bridgehead atoms. The smallest absolute Gasteiger partial charge is 0.280 e. The lowest BCUT2D eigenvalue weighted by Gasteiger charge is -2.41. The number of likely N-dealkylation sites (tertiary alicyclic amines) is 1. The molecule has 1 saturated heterocycles. The first-order chi connectivity index (χ1) is 8.88. The van der Waals surface area contributed by atoms with Crippen LogP contribution < -0.4 is 0 Å². The van der Waals surface area contributed by atoms with Gasteiger partial charge in [0.1, 0.15) is 5.69 Å². The monoisotopic (exact) mass is 268 g/mol. The summed E-state index contributed by atoms with van der Waals surface area (Å²) in [5.74, 6) is 0.388. The van der Waals surface area contributed by atoms with Crippen LogP contribution in [0.3, 0.4) is 0 Å². The third-order valence-electron chi connectivity index (χ3n) is 3.94. The van der Waals surface area contributed by atoms with E-state index in [1.54, 1.807) is 6.07 Å². The van der Waals surface area contributed by atoms with Crippen molar-refractivity contribution in [1.82, 2.24) is 9.88 Å². The number of pyridine rings is 1. The van der Waals surface area contributed by atoms with Gasteiger partial charge in [-0.3, -0.25) is 9.88 Å². The highest BCUT2D eigenvalue weighted by Crippen LogP contribution is 2.32. The van der Waals surface area contributed by atoms with Crippen LogP contribution in [0.4, 0.5) is 8.78 Å². The van der Waals surface area contributed by atoms with E-state index in [1.807, 2.05) is 6.07 Å². The van der Waals surface area contributed by atoms with Crippen LogP contribution in [0, 0.1) is 0 Å². The molecule has 1 aromatic rings. The van der Waals surface area contributed by atoms with E-state index in [4.69, 9.17) is 0 Å². The van der Waals surface area contributed by atoms with E-state index in [1.165, 1.54) is 6.20 Å². The average Bonchev–Trinajstić information content (AvgIpc) is 2.38. The molecule has 0 spiro atoms. The Kier molecular flexibility index (Phi) is 4.19. The lowest BCUT2D eigenvalue weighted by molar-refractivity contribution is 0.102. The minimum absolute atomic E-state index is 0.101. The zero-order chi connectivity index (χ0) is 14.0. The summed E-state index contributed by atoms with van der Waals surface area (Å²) in [5, 5.41) is 0. The third-order valence-corrected chi connectivity index (χ3v) is 3.94. The number of hydrogen-bond acceptors (Lipinski definition) is 2. The first-order valence-electron chi connectivity index (χ1n) is 6.87. The van der Waals surface area contributed by atoms with E-state index in [2.05, 4.69) is 30.7 Å². The van der Waals surface area contributed by atoms with Crippen molar-refractivity contribution in [2.45, 2.75) is 51.5 Å². The molecule has 0 N–H and O–H groups in total. The van der Waals surface area contributed by atoms with E-state index in [-0.39, 0.29) is 11.2 Å². The molecule has 0 atom stereocenters. The van der Waals surface area contributed by atoms with Crippen molar-refractivity contribution in [3.8, 4) is 0 Å². The van der Waals surface area contributed by atoms with Crippen LogP contribution in [0.15, 0.2) is 18.3 Å². The Morgan fingerprint density at radius 1 is 1.26 bits per heavy atom. The number of aromatic nitrogens is 1. The molecule has 0 aromatic carbocycles. The minimum atomic E-state index is -2.48. The molecule has 1 fully saturated rings. The van der Waals surface area contributed by atoms with Gasteiger partial charge < -0.3 is 0 Å². The van der Waals surface area contributed by atoms with Gasteiger partial charge in [-0.05, 0) is 70.3 Å². The van der Waals surface area contributed by atoms with Crippen molar-refractivity contribution in [1.29, 1.82) is 0 Å². The normalized spacial score (nSPS) is 19.1. The molecular weight excluding hydrogens is 246 g/mol. The van der Waals surface area contributed by atoms with Gasteiger partial charge in [0.05, 0.1) is 0 Å². The first kappa shape index (κ1) is 14.4. The fraction of sp³-hybridized carbons (Fsp3) is 0.667. The molecule has 0 saturated carbocycles. The topological polar surface area (TPSA) is 16.1 Å². The van der Waals surface area contributed by atoms with Gasteiger partial charge in [0.25, 0.3) is 6.43 Å². The van der Waals surface area contributed by atoms with Gasteiger partial charge >= 0.3 is 0 Å². The van der Waals surface area contributed by atoms with Crippen LogP contribution in [0.2, 0.25) is 0 Å². The Morgan fingerprint density at radius 3 is 2.42 bits per heavy atom. The van der Waals surface area contributed by atoms with Crippen molar-refractivity contribution < 1.29 is 8.78 Å². The molecule has 106 valence electrons. The summed E-state index contributed by atoms with van der Waals surface area (Å²) in [6.45, 7) is 8.71. The second-order valence-corrected chi connectivity index (χ2v) is 6.25. The summed E-state index contributed by atoms with van der Waals surface area (Å²) >= 11 is 0. The van der Waals surface area contributed by atoms with Crippen molar-refractivity contribution in [2.75, 3.05) is 13.1 Å². The van der Waals surface area contributed by atoms with E-state index >= 15 is 0 Å². The van der Waals surface area contributed by atoms with Gasteiger partial charge in [-0.2, -0.15) is 0 Å². The number of alkyl halides is 2. The van der Waals surface area contributed by atoms with Gasteiger partial charge in [-0.15, -0.1) is 0 Å². The summed E-state index contributed by atoms with van der Waals surface area (Å²) in [4.78, 5) is 6.18. The summed E-state index contributed by atoms with van der Waals surface area (Å²) < 4.78 is 25.3. The van der Waals surface area contributed by atoms with Gasteiger partial charge in [0.2, 0.25) is 0 Å². The molecule has 19 heavy (non-hydrogen) atoms. The molecule has 1 aliphatic rings. The highest BCUT2D eigenvalue weighted by atomic mass is 19.3. The maximum absolute atomic E-state index is 12.7. The summed E-state index contributed by atoms with van der Waals surface area (Å²) in [5.41, 5.74) is 1.10. The predicted octanol–water partition coefficient (Wildman–Crippen LogP) is 4.00. The second kappa shape index (κ2) is 5.53. The van der Waals surface area contributed by atoms with E-state index in [9.17, 15) is 8.78 Å². The first-order valence-corrected chi connectivity index (χ1v) is 6.87. The fourth-order valence-electron chi connectivity index (χ4n) is 2.72. The minimum Gasteiger partial charge on any atom is -0.298 e.